The molecule has 3 heterocycles. The summed E-state index contributed by atoms with van der Waals surface area (Å²) >= 11 is 1.27. The van der Waals surface area contributed by atoms with E-state index in [0.717, 1.165) is 12.8 Å². The highest BCUT2D eigenvalue weighted by Crippen LogP contribution is 2.34. The van der Waals surface area contributed by atoms with Gasteiger partial charge in [-0.05, 0) is 44.9 Å². The molecule has 1 N–H and O–H groups in total. The van der Waals surface area contributed by atoms with Crippen LogP contribution in [-0.4, -0.2) is 38.4 Å². The maximum absolute atomic E-state index is 12.8. The molecule has 3 aromatic heterocycles. The molecular formula is C26H24N6O4S. The van der Waals surface area contributed by atoms with Gasteiger partial charge in [-0.2, -0.15) is 5.26 Å². The summed E-state index contributed by atoms with van der Waals surface area (Å²) in [6.45, 7) is 3.51. The van der Waals surface area contributed by atoms with Crippen molar-refractivity contribution < 1.29 is 19.1 Å². The fourth-order valence-electron chi connectivity index (χ4n) is 3.64. The summed E-state index contributed by atoms with van der Waals surface area (Å²) in [5.41, 5.74) is 1.21. The maximum Gasteiger partial charge on any atom is 0.275 e. The van der Waals surface area contributed by atoms with Crippen molar-refractivity contribution in [2.75, 3.05) is 12.4 Å². The number of hydrogen-bond donors (Lipinski definition) is 1. The van der Waals surface area contributed by atoms with Crippen LogP contribution >= 0.6 is 11.3 Å². The molecular weight excluding hydrogens is 492 g/mol. The average molecular weight is 517 g/mol. The highest BCUT2D eigenvalue weighted by molar-refractivity contribution is 7.10. The Morgan fingerprint density at radius 1 is 1.22 bits per heavy atom. The number of carbonyl (C=O) groups excluding carboxylic acids is 2. The molecule has 0 radical (unpaired) electrons. The number of nitrogens with zero attached hydrogens (tertiary/aromatic N) is 5. The van der Waals surface area contributed by atoms with Gasteiger partial charge in [0, 0.05) is 29.1 Å². The van der Waals surface area contributed by atoms with Crippen molar-refractivity contribution >= 4 is 34.4 Å². The van der Waals surface area contributed by atoms with Crippen molar-refractivity contribution in [3.63, 3.8) is 0 Å². The lowest BCUT2D eigenvalue weighted by Gasteiger charge is -2.12. The van der Waals surface area contributed by atoms with Gasteiger partial charge in [0.25, 0.3) is 5.91 Å². The number of ketones is 1. The zero-order valence-corrected chi connectivity index (χ0v) is 21.3. The van der Waals surface area contributed by atoms with Crippen LogP contribution in [0.3, 0.4) is 0 Å². The fraction of sp³-hybridized carbons (Fsp3) is 0.308. The number of Topliss-reactive ketones (excluding diaryl/α,β-unsaturated/α-hetero) is 1. The third-order valence-corrected chi connectivity index (χ3v) is 7.09. The number of amides is 1. The number of nitriles is 1. The van der Waals surface area contributed by atoms with Crippen molar-refractivity contribution in [1.82, 2.24) is 19.6 Å². The molecule has 0 bridgehead atoms. The molecule has 1 fully saturated rings. The molecule has 4 aromatic rings. The SMILES string of the molecule is COc1ccc(NC(=O)c2csc(C(C)(C)C#N)n2)cc1Oc1ccc2nc(CC(=O)C3CC3)cn2n1. The van der Waals surface area contributed by atoms with Crippen molar-refractivity contribution in [2.24, 2.45) is 5.92 Å². The lowest BCUT2D eigenvalue weighted by atomic mass is 9.97. The molecule has 0 aliphatic heterocycles. The average Bonchev–Trinajstić information content (AvgIpc) is 3.47. The quantitative estimate of drug-likeness (QED) is 0.342. The van der Waals surface area contributed by atoms with E-state index in [1.54, 1.807) is 60.3 Å². The second-order valence-corrected chi connectivity index (χ2v) is 10.2. The maximum atomic E-state index is 12.8. The zero-order valence-electron chi connectivity index (χ0n) is 20.5. The predicted molar refractivity (Wildman–Crippen MR) is 136 cm³/mol. The number of thiazole rings is 1. The van der Waals surface area contributed by atoms with Gasteiger partial charge >= 0.3 is 0 Å². The molecule has 0 unspecified atom stereocenters. The van der Waals surface area contributed by atoms with Gasteiger partial charge in [-0.15, -0.1) is 16.4 Å². The summed E-state index contributed by atoms with van der Waals surface area (Å²) in [6, 6.07) is 10.6. The molecule has 1 aliphatic rings. The molecule has 10 nitrogen and oxygen atoms in total. The van der Waals surface area contributed by atoms with Crippen molar-refractivity contribution in [2.45, 2.75) is 38.5 Å². The molecule has 1 aliphatic carbocycles. The molecule has 11 heteroatoms. The number of anilines is 1. The van der Waals surface area contributed by atoms with Crippen LogP contribution in [0.5, 0.6) is 17.4 Å². The van der Waals surface area contributed by atoms with E-state index in [4.69, 9.17) is 9.47 Å². The van der Waals surface area contributed by atoms with Gasteiger partial charge < -0.3 is 14.8 Å². The van der Waals surface area contributed by atoms with Crippen molar-refractivity contribution in [3.8, 4) is 23.4 Å². The van der Waals surface area contributed by atoms with Crippen LogP contribution in [0.4, 0.5) is 5.69 Å². The number of benzene rings is 1. The number of ether oxygens (including phenoxy) is 2. The monoisotopic (exact) mass is 516 g/mol. The molecule has 0 saturated heterocycles. The summed E-state index contributed by atoms with van der Waals surface area (Å²) < 4.78 is 13.0. The second kappa shape index (κ2) is 9.63. The molecule has 37 heavy (non-hydrogen) atoms. The Morgan fingerprint density at radius 3 is 2.76 bits per heavy atom. The molecule has 1 amide bonds. The Hall–Kier alpha value is -4.30. The summed E-state index contributed by atoms with van der Waals surface area (Å²) in [5, 5.41) is 18.8. The summed E-state index contributed by atoms with van der Waals surface area (Å²) in [5.74, 6) is 1.08. The largest absolute Gasteiger partial charge is 0.493 e. The standard InChI is InChI=1S/C26H24N6O4S/c1-26(2,14-27)25-30-18(13-37-25)24(34)29-16-6-7-20(35-3)21(11-16)36-23-9-8-22-28-17(12-32(22)31-23)10-19(33)15-4-5-15/h6-9,11-13,15H,4-5,10H2,1-3H3,(H,29,34). The normalized spacial score (nSPS) is 13.2. The van der Waals surface area contributed by atoms with Crippen LogP contribution in [0.2, 0.25) is 0 Å². The number of carbonyl (C=O) groups is 2. The minimum Gasteiger partial charge on any atom is -0.493 e. The first kappa shape index (κ1) is 24.4. The Balaban J connectivity index is 1.33. The highest BCUT2D eigenvalue weighted by atomic mass is 32.1. The minimum absolute atomic E-state index is 0.179. The minimum atomic E-state index is -0.777. The zero-order chi connectivity index (χ0) is 26.2. The summed E-state index contributed by atoms with van der Waals surface area (Å²) in [7, 11) is 1.52. The van der Waals surface area contributed by atoms with Crippen molar-refractivity contribution in [3.05, 3.63) is 58.3 Å². The first-order valence-electron chi connectivity index (χ1n) is 11.7. The smallest absolute Gasteiger partial charge is 0.275 e. The Kier molecular flexibility index (Phi) is 6.35. The Labute approximate surface area is 216 Å². The molecule has 1 saturated carbocycles. The predicted octanol–water partition coefficient (Wildman–Crippen LogP) is 4.56. The first-order valence-corrected chi connectivity index (χ1v) is 12.6. The van der Waals surface area contributed by atoms with Gasteiger partial charge in [0.05, 0.1) is 31.5 Å². The fourth-order valence-corrected chi connectivity index (χ4v) is 4.51. The highest BCUT2D eigenvalue weighted by Gasteiger charge is 2.29. The van der Waals surface area contributed by atoms with E-state index >= 15 is 0 Å². The molecule has 0 spiro atoms. The number of aromatic nitrogens is 4. The number of hydrogen-bond acceptors (Lipinski definition) is 9. The van der Waals surface area contributed by atoms with E-state index in [0.29, 0.717) is 40.0 Å². The number of methoxy groups -OCH3 is 1. The van der Waals surface area contributed by atoms with Crippen LogP contribution in [-0.2, 0) is 16.6 Å². The van der Waals surface area contributed by atoms with E-state index < -0.39 is 11.3 Å². The number of imidazole rings is 1. The van der Waals surface area contributed by atoms with Gasteiger partial charge in [-0.3, -0.25) is 9.59 Å². The van der Waals surface area contributed by atoms with E-state index in [-0.39, 0.29) is 23.3 Å². The lowest BCUT2D eigenvalue weighted by Crippen LogP contribution is -2.16. The topological polar surface area (TPSA) is 132 Å². The second-order valence-electron chi connectivity index (χ2n) is 9.32. The molecule has 5 rings (SSSR count). The van der Waals surface area contributed by atoms with Gasteiger partial charge in [-0.25, -0.2) is 14.5 Å². The van der Waals surface area contributed by atoms with Crippen molar-refractivity contribution in [1.29, 1.82) is 5.26 Å². The Bertz CT molecular complexity index is 1550. The molecule has 0 atom stereocenters. The summed E-state index contributed by atoms with van der Waals surface area (Å²) in [4.78, 5) is 33.7. The number of fused-ring (bicyclic) bond motifs is 1. The van der Waals surface area contributed by atoms with Gasteiger partial charge in [-0.1, -0.05) is 0 Å². The third kappa shape index (κ3) is 5.29. The van der Waals surface area contributed by atoms with E-state index in [2.05, 4.69) is 26.5 Å². The third-order valence-electron chi connectivity index (χ3n) is 5.92. The number of nitrogens with one attached hydrogen (secondary N) is 1. The summed E-state index contributed by atoms with van der Waals surface area (Å²) in [6.07, 6.45) is 3.96. The van der Waals surface area contributed by atoms with Crippen LogP contribution < -0.4 is 14.8 Å². The Morgan fingerprint density at radius 2 is 2.03 bits per heavy atom. The van der Waals surface area contributed by atoms with E-state index in [1.807, 2.05) is 0 Å². The first-order chi connectivity index (χ1) is 17.8. The van der Waals surface area contributed by atoms with Gasteiger partial charge in [0.2, 0.25) is 5.88 Å². The number of rotatable bonds is 9. The van der Waals surface area contributed by atoms with Gasteiger partial charge in [0.1, 0.15) is 21.9 Å². The van der Waals surface area contributed by atoms with Crippen LogP contribution in [0.15, 0.2) is 41.9 Å². The van der Waals surface area contributed by atoms with E-state index in [1.165, 1.54) is 18.4 Å². The van der Waals surface area contributed by atoms with Crippen LogP contribution in [0.25, 0.3) is 5.65 Å². The lowest BCUT2D eigenvalue weighted by molar-refractivity contribution is -0.119. The molecule has 188 valence electrons. The van der Waals surface area contributed by atoms with Crippen LogP contribution in [0.1, 0.15) is 47.9 Å². The molecule has 1 aromatic carbocycles. The van der Waals surface area contributed by atoms with E-state index in [9.17, 15) is 14.9 Å². The van der Waals surface area contributed by atoms with Gasteiger partial charge in [0.15, 0.2) is 17.1 Å². The van der Waals surface area contributed by atoms with Crippen LogP contribution in [0, 0.1) is 17.2 Å².